The third-order valence-electron chi connectivity index (χ3n) is 4.49. The Labute approximate surface area is 140 Å². The van der Waals surface area contributed by atoms with Crippen molar-refractivity contribution in [3.05, 3.63) is 36.5 Å². The van der Waals surface area contributed by atoms with Crippen LogP contribution in [0.2, 0.25) is 0 Å². The van der Waals surface area contributed by atoms with Gasteiger partial charge in [-0.2, -0.15) is 0 Å². The fourth-order valence-corrected chi connectivity index (χ4v) is 3.10. The highest BCUT2D eigenvalue weighted by Crippen LogP contribution is 2.24. The summed E-state index contributed by atoms with van der Waals surface area (Å²) in [7, 11) is 0. The number of hydrogen-bond acceptors (Lipinski definition) is 2. The van der Waals surface area contributed by atoms with Crippen LogP contribution in [0.4, 0.5) is 16.2 Å². The Bertz CT molecular complexity index is 500. The minimum absolute atomic E-state index is 0.187. The van der Waals surface area contributed by atoms with Crippen LogP contribution in [0.15, 0.2) is 36.5 Å². The number of allylic oxidation sites excluding steroid dienone is 1. The van der Waals surface area contributed by atoms with E-state index in [1.807, 2.05) is 24.3 Å². The molecule has 2 rings (SSSR count). The maximum atomic E-state index is 11.9. The molecule has 2 amide bonds. The summed E-state index contributed by atoms with van der Waals surface area (Å²) < 4.78 is 0. The molecule has 1 aliphatic rings. The summed E-state index contributed by atoms with van der Waals surface area (Å²) in [6.45, 7) is 6.25. The van der Waals surface area contributed by atoms with Crippen molar-refractivity contribution in [3.63, 3.8) is 0 Å². The number of urea groups is 1. The van der Waals surface area contributed by atoms with Gasteiger partial charge in [-0.25, -0.2) is 4.79 Å². The van der Waals surface area contributed by atoms with Crippen LogP contribution in [-0.4, -0.2) is 19.1 Å². The maximum absolute atomic E-state index is 11.9. The Morgan fingerprint density at radius 2 is 1.78 bits per heavy atom. The summed E-state index contributed by atoms with van der Waals surface area (Å²) in [5.41, 5.74) is 1.99. The highest BCUT2D eigenvalue weighted by atomic mass is 16.2. The van der Waals surface area contributed by atoms with Crippen LogP contribution in [0.5, 0.6) is 0 Å². The monoisotopic (exact) mass is 315 g/mol. The molecule has 1 aromatic carbocycles. The van der Waals surface area contributed by atoms with Gasteiger partial charge in [-0.05, 0) is 56.9 Å². The summed E-state index contributed by atoms with van der Waals surface area (Å²) in [6, 6.07) is 7.78. The quantitative estimate of drug-likeness (QED) is 0.795. The van der Waals surface area contributed by atoms with Gasteiger partial charge in [0, 0.05) is 30.7 Å². The average Bonchev–Trinajstić information content (AvgIpc) is 2.58. The van der Waals surface area contributed by atoms with Crippen molar-refractivity contribution in [1.82, 2.24) is 5.32 Å². The largest absolute Gasteiger partial charge is 0.372 e. The number of carbonyl (C=O) groups is 1. The molecule has 0 spiro atoms. The second kappa shape index (κ2) is 9.23. The zero-order valence-corrected chi connectivity index (χ0v) is 14.3. The van der Waals surface area contributed by atoms with Crippen LogP contribution in [-0.2, 0) is 0 Å². The van der Waals surface area contributed by atoms with E-state index in [1.54, 1.807) is 6.20 Å². The molecule has 0 bridgehead atoms. The van der Waals surface area contributed by atoms with E-state index < -0.39 is 0 Å². The Hall–Kier alpha value is -1.97. The van der Waals surface area contributed by atoms with Gasteiger partial charge in [0.2, 0.25) is 0 Å². The van der Waals surface area contributed by atoms with Gasteiger partial charge >= 0.3 is 6.03 Å². The zero-order valence-electron chi connectivity index (χ0n) is 14.3. The predicted octanol–water partition coefficient (Wildman–Crippen LogP) is 4.75. The molecule has 0 atom stereocenters. The number of nitrogens with one attached hydrogen (secondary N) is 2. The van der Waals surface area contributed by atoms with E-state index in [0.717, 1.165) is 18.8 Å². The number of carbonyl (C=O) groups excluding carboxylic acids is 1. The summed E-state index contributed by atoms with van der Waals surface area (Å²) >= 11 is 0. The van der Waals surface area contributed by atoms with E-state index in [-0.39, 0.29) is 6.03 Å². The van der Waals surface area contributed by atoms with E-state index in [0.29, 0.717) is 5.92 Å². The first-order chi connectivity index (χ1) is 11.2. The van der Waals surface area contributed by atoms with E-state index >= 15 is 0 Å². The minimum atomic E-state index is -0.187. The molecule has 0 aliphatic heterocycles. The van der Waals surface area contributed by atoms with Crippen LogP contribution in [0.1, 0.15) is 46.0 Å². The van der Waals surface area contributed by atoms with Gasteiger partial charge in [0.1, 0.15) is 0 Å². The van der Waals surface area contributed by atoms with Gasteiger partial charge in [-0.1, -0.05) is 25.3 Å². The fraction of sp³-hybridized carbons (Fsp3) is 0.526. The molecule has 1 fully saturated rings. The minimum Gasteiger partial charge on any atom is -0.372 e. The molecule has 0 unspecified atom stereocenters. The summed E-state index contributed by atoms with van der Waals surface area (Å²) in [5, 5.41) is 5.66. The number of rotatable bonds is 6. The molecule has 126 valence electrons. The number of anilines is 2. The first-order valence-electron chi connectivity index (χ1n) is 8.82. The molecule has 1 saturated carbocycles. The van der Waals surface area contributed by atoms with Crippen molar-refractivity contribution in [2.24, 2.45) is 5.92 Å². The molecule has 4 heteroatoms. The van der Waals surface area contributed by atoms with E-state index in [9.17, 15) is 4.79 Å². The van der Waals surface area contributed by atoms with Gasteiger partial charge in [0.15, 0.2) is 0 Å². The standard InChI is InChI=1S/C19H29N3O/c1-3-22(4-2)18-12-10-17(11-13-18)21-19(23)20-15-14-16-8-6-5-7-9-16/h10-16H,3-9H2,1-2H3,(H2,20,21,23)/b15-14+. The second-order valence-electron chi connectivity index (χ2n) is 6.07. The molecular formula is C19H29N3O. The lowest BCUT2D eigenvalue weighted by Crippen LogP contribution is -2.24. The van der Waals surface area contributed by atoms with Gasteiger partial charge in [0.25, 0.3) is 0 Å². The fourth-order valence-electron chi connectivity index (χ4n) is 3.10. The third-order valence-corrected chi connectivity index (χ3v) is 4.49. The van der Waals surface area contributed by atoms with Crippen molar-refractivity contribution >= 4 is 17.4 Å². The first-order valence-corrected chi connectivity index (χ1v) is 8.82. The van der Waals surface area contributed by atoms with Crippen LogP contribution in [0.3, 0.4) is 0 Å². The first kappa shape index (κ1) is 17.4. The molecule has 0 saturated heterocycles. The molecular weight excluding hydrogens is 286 g/mol. The molecule has 1 aliphatic carbocycles. The second-order valence-corrected chi connectivity index (χ2v) is 6.07. The van der Waals surface area contributed by atoms with E-state index in [4.69, 9.17) is 0 Å². The smallest absolute Gasteiger partial charge is 0.323 e. The predicted molar refractivity (Wildman–Crippen MR) is 97.9 cm³/mol. The highest BCUT2D eigenvalue weighted by molar-refractivity contribution is 5.90. The maximum Gasteiger partial charge on any atom is 0.323 e. The normalized spacial score (nSPS) is 15.6. The van der Waals surface area contributed by atoms with Crippen molar-refractivity contribution in [2.75, 3.05) is 23.3 Å². The van der Waals surface area contributed by atoms with Crippen LogP contribution in [0, 0.1) is 5.92 Å². The Morgan fingerprint density at radius 3 is 2.39 bits per heavy atom. The highest BCUT2D eigenvalue weighted by Gasteiger charge is 2.09. The summed E-state index contributed by atoms with van der Waals surface area (Å²) in [5.74, 6) is 0.623. The summed E-state index contributed by atoms with van der Waals surface area (Å²) in [6.07, 6.45) is 10.4. The molecule has 2 N–H and O–H groups in total. The Balaban J connectivity index is 1.79. The molecule has 4 nitrogen and oxygen atoms in total. The van der Waals surface area contributed by atoms with Crippen molar-refractivity contribution < 1.29 is 4.79 Å². The molecule has 1 aromatic rings. The summed E-state index contributed by atoms with van der Waals surface area (Å²) in [4.78, 5) is 14.2. The zero-order chi connectivity index (χ0) is 16.5. The van der Waals surface area contributed by atoms with E-state index in [2.05, 4.69) is 35.5 Å². The average molecular weight is 315 g/mol. The van der Waals surface area contributed by atoms with Crippen molar-refractivity contribution in [2.45, 2.75) is 46.0 Å². The van der Waals surface area contributed by atoms with Crippen molar-refractivity contribution in [1.29, 1.82) is 0 Å². The number of hydrogen-bond donors (Lipinski definition) is 2. The number of benzene rings is 1. The SMILES string of the molecule is CCN(CC)c1ccc(NC(=O)N/C=C/C2CCCCC2)cc1. The number of amides is 2. The lowest BCUT2D eigenvalue weighted by Gasteiger charge is -2.21. The lowest BCUT2D eigenvalue weighted by molar-refractivity contribution is 0.255. The van der Waals surface area contributed by atoms with E-state index in [1.165, 1.54) is 37.8 Å². The van der Waals surface area contributed by atoms with Crippen LogP contribution in [0.25, 0.3) is 0 Å². The Morgan fingerprint density at radius 1 is 1.13 bits per heavy atom. The van der Waals surface area contributed by atoms with Crippen LogP contribution >= 0.6 is 0 Å². The molecule has 23 heavy (non-hydrogen) atoms. The van der Waals surface area contributed by atoms with Gasteiger partial charge < -0.3 is 15.5 Å². The van der Waals surface area contributed by atoms with Crippen LogP contribution < -0.4 is 15.5 Å². The topological polar surface area (TPSA) is 44.4 Å². The van der Waals surface area contributed by atoms with Gasteiger partial charge in [0.05, 0.1) is 0 Å². The Kier molecular flexibility index (Phi) is 6.98. The van der Waals surface area contributed by atoms with Gasteiger partial charge in [-0.3, -0.25) is 0 Å². The third kappa shape index (κ3) is 5.62. The molecule has 0 radical (unpaired) electrons. The lowest BCUT2D eigenvalue weighted by atomic mass is 9.89. The van der Waals surface area contributed by atoms with Crippen molar-refractivity contribution in [3.8, 4) is 0 Å². The molecule has 0 heterocycles. The molecule has 0 aromatic heterocycles. The number of nitrogens with zero attached hydrogens (tertiary/aromatic N) is 1. The van der Waals surface area contributed by atoms with Gasteiger partial charge in [-0.15, -0.1) is 0 Å².